The van der Waals surface area contributed by atoms with Crippen LogP contribution in [0.3, 0.4) is 0 Å². The zero-order chi connectivity index (χ0) is 15.6. The first kappa shape index (κ1) is 17.6. The first-order chi connectivity index (χ1) is 10.8. The van der Waals surface area contributed by atoms with Gasteiger partial charge in [0.25, 0.3) is 0 Å². The van der Waals surface area contributed by atoms with E-state index in [-0.39, 0.29) is 0 Å². The van der Waals surface area contributed by atoms with E-state index >= 15 is 0 Å². The molecule has 0 N–H and O–H groups in total. The smallest absolute Gasteiger partial charge is 0.0233 e. The first-order valence-corrected chi connectivity index (χ1v) is 9.72. The lowest BCUT2D eigenvalue weighted by molar-refractivity contribution is 0.287. The molecule has 0 aromatic heterocycles. The van der Waals surface area contributed by atoms with Crippen molar-refractivity contribution < 1.29 is 0 Å². The maximum Gasteiger partial charge on any atom is -0.0233 e. The predicted molar refractivity (Wildman–Crippen MR) is 98.9 cm³/mol. The second kappa shape index (κ2) is 10.1. The van der Waals surface area contributed by atoms with Crippen LogP contribution in [0.4, 0.5) is 0 Å². The van der Waals surface area contributed by atoms with Crippen molar-refractivity contribution in [2.24, 2.45) is 23.7 Å². The fraction of sp³-hybridized carbons (Fsp3) is 0.727. The highest BCUT2D eigenvalue weighted by Crippen LogP contribution is 2.35. The van der Waals surface area contributed by atoms with Gasteiger partial charge in [0, 0.05) is 0 Å². The molecular weight excluding hydrogens is 264 g/mol. The third-order valence-corrected chi connectivity index (χ3v) is 6.00. The summed E-state index contributed by atoms with van der Waals surface area (Å²) in [5, 5.41) is 0. The standard InChI is InChI=1S/C22H36/c1-3-5-7-19-9-13-21(14-10-19)17-18-22-15-11-20(12-16-22)8-6-4-2/h3-4,17-22H,1-2,5-16H2. The summed E-state index contributed by atoms with van der Waals surface area (Å²) in [6, 6.07) is 0. The van der Waals surface area contributed by atoms with Crippen molar-refractivity contribution in [3.8, 4) is 0 Å². The van der Waals surface area contributed by atoms with Gasteiger partial charge in [-0.3, -0.25) is 0 Å². The van der Waals surface area contributed by atoms with Crippen molar-refractivity contribution in [1.82, 2.24) is 0 Å². The van der Waals surface area contributed by atoms with E-state index in [0.717, 1.165) is 23.7 Å². The van der Waals surface area contributed by atoms with E-state index in [1.807, 2.05) is 0 Å². The fourth-order valence-corrected chi connectivity index (χ4v) is 4.36. The molecule has 0 unspecified atom stereocenters. The Bertz CT molecular complexity index is 301. The molecule has 0 saturated heterocycles. The Kier molecular flexibility index (Phi) is 8.05. The molecular formula is C22H36. The van der Waals surface area contributed by atoms with Crippen LogP contribution in [0.25, 0.3) is 0 Å². The molecule has 2 rings (SSSR count). The first-order valence-electron chi connectivity index (χ1n) is 9.72. The maximum atomic E-state index is 3.85. The van der Waals surface area contributed by atoms with Crippen molar-refractivity contribution in [1.29, 1.82) is 0 Å². The van der Waals surface area contributed by atoms with Crippen LogP contribution in [-0.2, 0) is 0 Å². The summed E-state index contributed by atoms with van der Waals surface area (Å²) in [7, 11) is 0. The third-order valence-electron chi connectivity index (χ3n) is 6.00. The number of allylic oxidation sites excluding steroid dienone is 4. The van der Waals surface area contributed by atoms with Crippen molar-refractivity contribution >= 4 is 0 Å². The minimum Gasteiger partial charge on any atom is -0.103 e. The van der Waals surface area contributed by atoms with E-state index in [4.69, 9.17) is 0 Å². The Balaban J connectivity index is 1.62. The van der Waals surface area contributed by atoms with Gasteiger partial charge in [0.05, 0.1) is 0 Å². The molecule has 0 aromatic carbocycles. The van der Waals surface area contributed by atoms with E-state index in [2.05, 4.69) is 37.5 Å². The number of rotatable bonds is 8. The minimum atomic E-state index is 0.874. The van der Waals surface area contributed by atoms with E-state index in [0.29, 0.717) is 0 Å². The van der Waals surface area contributed by atoms with Gasteiger partial charge in [-0.25, -0.2) is 0 Å². The zero-order valence-electron chi connectivity index (χ0n) is 14.5. The van der Waals surface area contributed by atoms with Gasteiger partial charge < -0.3 is 0 Å². The molecule has 2 aliphatic rings. The molecule has 0 spiro atoms. The van der Waals surface area contributed by atoms with Gasteiger partial charge in [-0.1, -0.05) is 24.3 Å². The molecule has 0 radical (unpaired) electrons. The molecule has 0 heteroatoms. The third kappa shape index (κ3) is 6.15. The van der Waals surface area contributed by atoms with E-state index in [1.54, 1.807) is 0 Å². The topological polar surface area (TPSA) is 0 Å². The summed E-state index contributed by atoms with van der Waals surface area (Å²) >= 11 is 0. The average molecular weight is 301 g/mol. The largest absolute Gasteiger partial charge is 0.103 e. The number of hydrogen-bond acceptors (Lipinski definition) is 0. The van der Waals surface area contributed by atoms with Gasteiger partial charge in [0.15, 0.2) is 0 Å². The molecule has 2 fully saturated rings. The van der Waals surface area contributed by atoms with Crippen molar-refractivity contribution in [2.45, 2.75) is 77.0 Å². The van der Waals surface area contributed by atoms with E-state index < -0.39 is 0 Å². The van der Waals surface area contributed by atoms with Gasteiger partial charge in [-0.2, -0.15) is 0 Å². The SMILES string of the molecule is C=CCCC1CCC(C=CC2CCC(CCC=C)CC2)CC1. The van der Waals surface area contributed by atoms with Crippen molar-refractivity contribution in [3.05, 3.63) is 37.5 Å². The maximum absolute atomic E-state index is 3.85. The summed E-state index contributed by atoms with van der Waals surface area (Å²) < 4.78 is 0. The van der Waals surface area contributed by atoms with Gasteiger partial charge in [-0.15, -0.1) is 13.2 Å². The van der Waals surface area contributed by atoms with Crippen molar-refractivity contribution in [3.63, 3.8) is 0 Å². The zero-order valence-corrected chi connectivity index (χ0v) is 14.5. The predicted octanol–water partition coefficient (Wildman–Crippen LogP) is 7.09. The molecule has 0 heterocycles. The molecule has 124 valence electrons. The second-order valence-electron chi connectivity index (χ2n) is 7.68. The molecule has 0 amide bonds. The Morgan fingerprint density at radius 1 is 0.591 bits per heavy atom. The average Bonchev–Trinajstić information content (AvgIpc) is 2.58. The Morgan fingerprint density at radius 3 is 1.27 bits per heavy atom. The van der Waals surface area contributed by atoms with E-state index in [9.17, 15) is 0 Å². The van der Waals surface area contributed by atoms with Crippen LogP contribution in [0.1, 0.15) is 77.0 Å². The lowest BCUT2D eigenvalue weighted by Crippen LogP contribution is -2.15. The highest BCUT2D eigenvalue weighted by molar-refractivity contribution is 4.96. The molecule has 22 heavy (non-hydrogen) atoms. The van der Waals surface area contributed by atoms with Gasteiger partial charge in [-0.05, 0) is 101 Å². The van der Waals surface area contributed by atoms with Crippen LogP contribution in [0, 0.1) is 23.7 Å². The van der Waals surface area contributed by atoms with Gasteiger partial charge >= 0.3 is 0 Å². The van der Waals surface area contributed by atoms with Crippen LogP contribution in [0.15, 0.2) is 37.5 Å². The van der Waals surface area contributed by atoms with E-state index in [1.165, 1.54) is 77.0 Å². The molecule has 0 aromatic rings. The Morgan fingerprint density at radius 2 is 0.955 bits per heavy atom. The fourth-order valence-electron chi connectivity index (χ4n) is 4.36. The Labute approximate surface area is 138 Å². The lowest BCUT2D eigenvalue weighted by atomic mass is 9.77. The molecule has 0 bridgehead atoms. The second-order valence-corrected chi connectivity index (χ2v) is 7.68. The van der Waals surface area contributed by atoms with Gasteiger partial charge in [0.2, 0.25) is 0 Å². The summed E-state index contributed by atoms with van der Waals surface area (Å²) in [6.07, 6.45) is 25.9. The lowest BCUT2D eigenvalue weighted by Gasteiger charge is -2.28. The highest BCUT2D eigenvalue weighted by Gasteiger charge is 2.21. The van der Waals surface area contributed by atoms with Crippen LogP contribution >= 0.6 is 0 Å². The number of hydrogen-bond donors (Lipinski definition) is 0. The normalized spacial score (nSPS) is 32.9. The van der Waals surface area contributed by atoms with Crippen LogP contribution in [0.2, 0.25) is 0 Å². The minimum absolute atomic E-state index is 0.874. The molecule has 2 saturated carbocycles. The highest BCUT2D eigenvalue weighted by atomic mass is 14.3. The summed E-state index contributed by atoms with van der Waals surface area (Å²) in [4.78, 5) is 0. The summed E-state index contributed by atoms with van der Waals surface area (Å²) in [5.41, 5.74) is 0. The molecule has 2 aliphatic carbocycles. The van der Waals surface area contributed by atoms with Crippen molar-refractivity contribution in [2.75, 3.05) is 0 Å². The summed E-state index contributed by atoms with van der Waals surface area (Å²) in [5.74, 6) is 3.70. The monoisotopic (exact) mass is 300 g/mol. The van der Waals surface area contributed by atoms with Gasteiger partial charge in [0.1, 0.15) is 0 Å². The van der Waals surface area contributed by atoms with Crippen LogP contribution < -0.4 is 0 Å². The Hall–Kier alpha value is -0.780. The summed E-state index contributed by atoms with van der Waals surface area (Å²) in [6.45, 7) is 7.69. The molecule has 0 atom stereocenters. The molecule has 0 nitrogen and oxygen atoms in total. The quantitative estimate of drug-likeness (QED) is 0.420. The van der Waals surface area contributed by atoms with Crippen LogP contribution in [-0.4, -0.2) is 0 Å². The van der Waals surface area contributed by atoms with Crippen LogP contribution in [0.5, 0.6) is 0 Å². The molecule has 0 aliphatic heterocycles.